The Morgan fingerprint density at radius 2 is 1.30 bits per heavy atom. The van der Waals surface area contributed by atoms with Gasteiger partial charge in [0, 0.05) is 37.6 Å². The van der Waals surface area contributed by atoms with Gasteiger partial charge in [-0.25, -0.2) is 0 Å². The lowest BCUT2D eigenvalue weighted by atomic mass is 9.64. The third-order valence-electron chi connectivity index (χ3n) is 7.04. The molecule has 0 aromatic heterocycles. The molecule has 0 aromatic carbocycles. The molecule has 1 fully saturated rings. The minimum atomic E-state index is -0.684. The number of hydrogen-bond acceptors (Lipinski definition) is 6. The Morgan fingerprint density at radius 3 is 1.91 bits per heavy atom. The third-order valence-corrected chi connectivity index (χ3v) is 7.04. The van der Waals surface area contributed by atoms with Gasteiger partial charge < -0.3 is 31.7 Å². The van der Waals surface area contributed by atoms with Crippen molar-refractivity contribution >= 4 is 5.97 Å². The van der Waals surface area contributed by atoms with E-state index in [2.05, 4.69) is 40.4 Å². The molecule has 0 aliphatic heterocycles. The van der Waals surface area contributed by atoms with E-state index in [1.807, 2.05) is 7.05 Å². The number of aliphatic carboxylic acids is 1. The van der Waals surface area contributed by atoms with Gasteiger partial charge in [-0.2, -0.15) is 0 Å². The zero-order valence-corrected chi connectivity index (χ0v) is 21.9. The molecule has 4 unspecified atom stereocenters. The van der Waals surface area contributed by atoms with Crippen LogP contribution in [-0.2, 0) is 4.79 Å². The zero-order valence-electron chi connectivity index (χ0n) is 21.9. The normalized spacial score (nSPS) is 22.4. The van der Waals surface area contributed by atoms with Crippen molar-refractivity contribution in [2.75, 3.05) is 52.9 Å². The maximum absolute atomic E-state index is 11.9. The number of unbranched alkanes of at least 4 members (excludes halogenated alkanes) is 9. The van der Waals surface area contributed by atoms with Crippen molar-refractivity contribution in [2.24, 2.45) is 11.8 Å². The van der Waals surface area contributed by atoms with Crippen LogP contribution in [0.3, 0.4) is 0 Å². The molecule has 0 saturated heterocycles. The number of likely N-dealkylation sites (N-methyl/N-ethyl adjacent to an activating group) is 1. The van der Waals surface area contributed by atoms with E-state index in [0.717, 1.165) is 52.2 Å². The van der Waals surface area contributed by atoms with E-state index in [-0.39, 0.29) is 23.9 Å². The van der Waals surface area contributed by atoms with Crippen LogP contribution in [0.1, 0.15) is 84.5 Å². The smallest absolute Gasteiger partial charge is 0.308 e. The molecule has 7 heteroatoms. The van der Waals surface area contributed by atoms with Crippen LogP contribution in [-0.4, -0.2) is 76.0 Å². The first-order valence-corrected chi connectivity index (χ1v) is 13.9. The SMILES string of the molecule is CCCCCCCCCCCCNCCNC1C(NC)C(CNCCCNCC)C1C(=O)O. The molecule has 7 nitrogen and oxygen atoms in total. The molecular weight excluding hydrogens is 414 g/mol. The predicted molar refractivity (Wildman–Crippen MR) is 140 cm³/mol. The first-order valence-electron chi connectivity index (χ1n) is 13.9. The van der Waals surface area contributed by atoms with Crippen LogP contribution < -0.4 is 26.6 Å². The molecule has 33 heavy (non-hydrogen) atoms. The summed E-state index contributed by atoms with van der Waals surface area (Å²) in [7, 11) is 1.94. The summed E-state index contributed by atoms with van der Waals surface area (Å²) in [6.07, 6.45) is 14.7. The van der Waals surface area contributed by atoms with Gasteiger partial charge in [0.1, 0.15) is 0 Å². The lowest BCUT2D eigenvalue weighted by Gasteiger charge is -2.50. The third kappa shape index (κ3) is 13.1. The van der Waals surface area contributed by atoms with Gasteiger partial charge in [0.25, 0.3) is 0 Å². The fraction of sp³-hybridized carbons (Fsp3) is 0.962. The van der Waals surface area contributed by atoms with Crippen molar-refractivity contribution in [2.45, 2.75) is 96.6 Å². The maximum atomic E-state index is 11.9. The molecule has 0 aromatic rings. The monoisotopic (exact) mass is 469 g/mol. The fourth-order valence-corrected chi connectivity index (χ4v) is 5.05. The van der Waals surface area contributed by atoms with Crippen molar-refractivity contribution in [3.63, 3.8) is 0 Å². The Balaban J connectivity index is 2.07. The number of nitrogens with one attached hydrogen (secondary N) is 5. The van der Waals surface area contributed by atoms with Gasteiger partial charge in [0.2, 0.25) is 0 Å². The summed E-state index contributed by atoms with van der Waals surface area (Å²) < 4.78 is 0. The van der Waals surface area contributed by atoms with Crippen molar-refractivity contribution < 1.29 is 9.90 Å². The molecule has 196 valence electrons. The Hall–Kier alpha value is -0.730. The highest BCUT2D eigenvalue weighted by molar-refractivity contribution is 5.73. The summed E-state index contributed by atoms with van der Waals surface area (Å²) in [5.74, 6) is -0.883. The van der Waals surface area contributed by atoms with Gasteiger partial charge in [-0.15, -0.1) is 0 Å². The van der Waals surface area contributed by atoms with Gasteiger partial charge >= 0.3 is 5.97 Å². The molecule has 1 aliphatic rings. The van der Waals surface area contributed by atoms with Gasteiger partial charge in [0.05, 0.1) is 5.92 Å². The van der Waals surface area contributed by atoms with Gasteiger partial charge in [-0.1, -0.05) is 71.6 Å². The molecule has 0 spiro atoms. The average Bonchev–Trinajstić information content (AvgIpc) is 2.79. The van der Waals surface area contributed by atoms with Gasteiger partial charge in [-0.05, 0) is 46.1 Å². The second-order valence-corrected chi connectivity index (χ2v) is 9.67. The summed E-state index contributed by atoms with van der Waals surface area (Å²) in [6.45, 7) is 10.8. The molecule has 1 aliphatic carbocycles. The molecule has 0 heterocycles. The Bertz CT molecular complexity index is 466. The van der Waals surface area contributed by atoms with Crippen molar-refractivity contribution in [1.29, 1.82) is 0 Å². The van der Waals surface area contributed by atoms with Crippen LogP contribution in [0.2, 0.25) is 0 Å². The summed E-state index contributed by atoms with van der Waals surface area (Å²) in [5, 5.41) is 26.9. The average molecular weight is 470 g/mol. The number of carbonyl (C=O) groups is 1. The highest BCUT2D eigenvalue weighted by Gasteiger charge is 2.52. The molecule has 0 bridgehead atoms. The zero-order chi connectivity index (χ0) is 24.2. The van der Waals surface area contributed by atoms with Crippen LogP contribution >= 0.6 is 0 Å². The van der Waals surface area contributed by atoms with E-state index in [1.165, 1.54) is 64.2 Å². The van der Waals surface area contributed by atoms with Crippen LogP contribution in [0.25, 0.3) is 0 Å². The summed E-state index contributed by atoms with van der Waals surface area (Å²) in [6, 6.07) is 0.203. The second kappa shape index (κ2) is 20.6. The number of rotatable bonds is 24. The van der Waals surface area contributed by atoms with Gasteiger partial charge in [-0.3, -0.25) is 4.79 Å². The minimum absolute atomic E-state index is 0.000171. The number of carboxylic acids is 1. The van der Waals surface area contributed by atoms with E-state index < -0.39 is 5.97 Å². The summed E-state index contributed by atoms with van der Waals surface area (Å²) in [4.78, 5) is 11.9. The Kier molecular flexibility index (Phi) is 18.9. The maximum Gasteiger partial charge on any atom is 0.308 e. The second-order valence-electron chi connectivity index (χ2n) is 9.67. The number of carboxylic acid groups (broad SMARTS) is 1. The quantitative estimate of drug-likeness (QED) is 0.121. The van der Waals surface area contributed by atoms with Crippen molar-refractivity contribution in [3.8, 4) is 0 Å². The van der Waals surface area contributed by atoms with Crippen LogP contribution in [0.15, 0.2) is 0 Å². The Morgan fingerprint density at radius 1 is 0.697 bits per heavy atom. The van der Waals surface area contributed by atoms with E-state index >= 15 is 0 Å². The van der Waals surface area contributed by atoms with E-state index in [0.29, 0.717) is 0 Å². The fourth-order valence-electron chi connectivity index (χ4n) is 5.05. The first kappa shape index (κ1) is 30.3. The minimum Gasteiger partial charge on any atom is -0.481 e. The van der Waals surface area contributed by atoms with E-state index in [9.17, 15) is 9.90 Å². The van der Waals surface area contributed by atoms with Crippen molar-refractivity contribution in [1.82, 2.24) is 26.6 Å². The van der Waals surface area contributed by atoms with Crippen molar-refractivity contribution in [3.05, 3.63) is 0 Å². The molecule has 0 amide bonds. The van der Waals surface area contributed by atoms with Crippen LogP contribution in [0.5, 0.6) is 0 Å². The number of hydrogen-bond donors (Lipinski definition) is 6. The highest BCUT2D eigenvalue weighted by Crippen LogP contribution is 2.35. The lowest BCUT2D eigenvalue weighted by Crippen LogP contribution is -2.71. The summed E-state index contributed by atoms with van der Waals surface area (Å²) in [5.41, 5.74) is 0. The molecule has 1 saturated carbocycles. The summed E-state index contributed by atoms with van der Waals surface area (Å²) >= 11 is 0. The highest BCUT2D eigenvalue weighted by atomic mass is 16.4. The molecular formula is C26H55N5O2. The van der Waals surface area contributed by atoms with E-state index in [4.69, 9.17) is 0 Å². The molecule has 4 atom stereocenters. The molecule has 6 N–H and O–H groups in total. The van der Waals surface area contributed by atoms with E-state index in [1.54, 1.807) is 0 Å². The standard InChI is InChI=1S/C26H55N5O2/c1-4-6-7-8-9-10-11-12-13-14-16-29-19-20-31-25-23(26(32)33)22(24(25)27-3)21-30-18-15-17-28-5-2/h22-25,27-31H,4-21H2,1-3H3,(H,32,33). The van der Waals surface area contributed by atoms with Crippen LogP contribution in [0, 0.1) is 11.8 Å². The topological polar surface area (TPSA) is 97.5 Å². The predicted octanol–water partition coefficient (Wildman–Crippen LogP) is 2.96. The first-order chi connectivity index (χ1) is 16.2. The Labute approximate surface area is 204 Å². The lowest BCUT2D eigenvalue weighted by molar-refractivity contribution is -0.152. The van der Waals surface area contributed by atoms with Gasteiger partial charge in [0.15, 0.2) is 0 Å². The molecule has 0 radical (unpaired) electrons. The van der Waals surface area contributed by atoms with Crippen LogP contribution in [0.4, 0.5) is 0 Å². The largest absolute Gasteiger partial charge is 0.481 e. The molecule has 1 rings (SSSR count).